The van der Waals surface area contributed by atoms with Crippen molar-refractivity contribution in [3.05, 3.63) is 68.8 Å². The predicted molar refractivity (Wildman–Crippen MR) is 108 cm³/mol. The Bertz CT molecular complexity index is 837. The molecule has 0 heterocycles. The van der Waals surface area contributed by atoms with Crippen LogP contribution < -0.4 is 0 Å². The van der Waals surface area contributed by atoms with Gasteiger partial charge in [-0.05, 0) is 74.9 Å². The Morgan fingerprint density at radius 3 is 1.81 bits per heavy atom. The monoisotopic (exact) mass is 367 g/mol. The summed E-state index contributed by atoms with van der Waals surface area (Å²) in [6.45, 7) is 12.2. The zero-order valence-electron chi connectivity index (χ0n) is 17.4. The minimum atomic E-state index is -0.437. The molecule has 0 aliphatic carbocycles. The van der Waals surface area contributed by atoms with Crippen LogP contribution in [0.15, 0.2) is 24.3 Å². The highest BCUT2D eigenvalue weighted by molar-refractivity contribution is 5.95. The van der Waals surface area contributed by atoms with Crippen LogP contribution in [-0.2, 0) is 16.1 Å². The number of carbonyl (C=O) groups excluding carboxylic acids is 2. The van der Waals surface area contributed by atoms with E-state index in [9.17, 15) is 9.59 Å². The van der Waals surface area contributed by atoms with Crippen LogP contribution in [-0.4, -0.2) is 30.4 Å². The normalized spacial score (nSPS) is 10.6. The van der Waals surface area contributed by atoms with Gasteiger partial charge in [-0.1, -0.05) is 29.8 Å². The summed E-state index contributed by atoms with van der Waals surface area (Å²) < 4.78 is 5.35. The second kappa shape index (κ2) is 8.38. The SMILES string of the molecule is Cc1ccc(CN(C)C(=O)COC(=O)c2c(C)c(C)c(C)c(C)c2C)cc1. The molecule has 4 heteroatoms. The second-order valence-electron chi connectivity index (χ2n) is 7.31. The summed E-state index contributed by atoms with van der Waals surface area (Å²) in [6.07, 6.45) is 0. The molecular formula is C23H29NO3. The first kappa shape index (κ1) is 20.7. The third-order valence-corrected chi connectivity index (χ3v) is 5.50. The lowest BCUT2D eigenvalue weighted by Crippen LogP contribution is -2.31. The Morgan fingerprint density at radius 2 is 1.30 bits per heavy atom. The van der Waals surface area contributed by atoms with E-state index in [1.54, 1.807) is 11.9 Å². The molecule has 0 N–H and O–H groups in total. The van der Waals surface area contributed by atoms with Gasteiger partial charge in [0.25, 0.3) is 5.91 Å². The smallest absolute Gasteiger partial charge is 0.339 e. The van der Waals surface area contributed by atoms with Crippen molar-refractivity contribution in [2.24, 2.45) is 0 Å². The fourth-order valence-corrected chi connectivity index (χ4v) is 3.17. The van der Waals surface area contributed by atoms with Crippen molar-refractivity contribution < 1.29 is 14.3 Å². The molecule has 0 aliphatic rings. The Balaban J connectivity index is 2.05. The van der Waals surface area contributed by atoms with Crippen molar-refractivity contribution in [2.75, 3.05) is 13.7 Å². The highest BCUT2D eigenvalue weighted by atomic mass is 16.5. The molecule has 0 spiro atoms. The van der Waals surface area contributed by atoms with E-state index in [-0.39, 0.29) is 12.5 Å². The maximum atomic E-state index is 12.6. The lowest BCUT2D eigenvalue weighted by atomic mass is 9.90. The van der Waals surface area contributed by atoms with Crippen LogP contribution in [0.1, 0.15) is 49.3 Å². The van der Waals surface area contributed by atoms with Crippen molar-refractivity contribution >= 4 is 11.9 Å². The summed E-state index contributed by atoms with van der Waals surface area (Å²) in [7, 11) is 1.71. The Morgan fingerprint density at radius 1 is 0.815 bits per heavy atom. The minimum absolute atomic E-state index is 0.222. The summed E-state index contributed by atoms with van der Waals surface area (Å²) in [5.41, 5.74) is 8.00. The fraction of sp³-hybridized carbons (Fsp3) is 0.391. The standard InChI is InChI=1S/C23H29NO3/c1-14-8-10-20(11-9-14)12-24(7)21(25)13-27-23(26)22-18(5)16(3)15(2)17(4)19(22)6/h8-11H,12-13H2,1-7H3. The van der Waals surface area contributed by atoms with Crippen molar-refractivity contribution in [3.8, 4) is 0 Å². The first-order valence-corrected chi connectivity index (χ1v) is 9.17. The van der Waals surface area contributed by atoms with Crippen LogP contribution in [0.2, 0.25) is 0 Å². The van der Waals surface area contributed by atoms with Gasteiger partial charge < -0.3 is 9.64 Å². The number of likely N-dealkylation sites (N-methyl/N-ethyl adjacent to an activating group) is 1. The number of nitrogens with zero attached hydrogens (tertiary/aromatic N) is 1. The van der Waals surface area contributed by atoms with E-state index in [0.717, 1.165) is 27.8 Å². The number of aryl methyl sites for hydroxylation is 1. The molecule has 0 bridgehead atoms. The van der Waals surface area contributed by atoms with Crippen LogP contribution in [0.4, 0.5) is 0 Å². The molecule has 0 saturated carbocycles. The minimum Gasteiger partial charge on any atom is -0.452 e. The number of hydrogen-bond donors (Lipinski definition) is 0. The molecule has 0 unspecified atom stereocenters. The van der Waals surface area contributed by atoms with Crippen molar-refractivity contribution in [1.82, 2.24) is 4.90 Å². The van der Waals surface area contributed by atoms with E-state index >= 15 is 0 Å². The number of benzene rings is 2. The molecule has 2 rings (SSSR count). The maximum absolute atomic E-state index is 12.6. The number of rotatable bonds is 5. The van der Waals surface area contributed by atoms with Crippen LogP contribution in [0.5, 0.6) is 0 Å². The van der Waals surface area contributed by atoms with Crippen LogP contribution in [0.3, 0.4) is 0 Å². The van der Waals surface area contributed by atoms with Gasteiger partial charge in [-0.15, -0.1) is 0 Å². The number of amides is 1. The van der Waals surface area contributed by atoms with E-state index in [4.69, 9.17) is 4.74 Å². The number of esters is 1. The lowest BCUT2D eigenvalue weighted by molar-refractivity contribution is -0.133. The molecule has 0 saturated heterocycles. The quantitative estimate of drug-likeness (QED) is 0.738. The summed E-state index contributed by atoms with van der Waals surface area (Å²) in [5.74, 6) is -0.659. The van der Waals surface area contributed by atoms with Crippen molar-refractivity contribution in [2.45, 2.75) is 48.1 Å². The predicted octanol–water partition coefficient (Wildman–Crippen LogP) is 4.35. The molecule has 2 aromatic rings. The van der Waals surface area contributed by atoms with Crippen molar-refractivity contribution in [1.29, 1.82) is 0 Å². The highest BCUT2D eigenvalue weighted by Crippen LogP contribution is 2.26. The van der Waals surface area contributed by atoms with Gasteiger partial charge >= 0.3 is 5.97 Å². The van der Waals surface area contributed by atoms with Gasteiger partial charge in [0, 0.05) is 13.6 Å². The van der Waals surface area contributed by atoms with Gasteiger partial charge in [0.2, 0.25) is 0 Å². The van der Waals surface area contributed by atoms with Crippen LogP contribution >= 0.6 is 0 Å². The molecule has 0 fully saturated rings. The van der Waals surface area contributed by atoms with E-state index in [1.807, 2.05) is 58.9 Å². The zero-order valence-corrected chi connectivity index (χ0v) is 17.4. The highest BCUT2D eigenvalue weighted by Gasteiger charge is 2.21. The Labute approximate surface area is 162 Å². The first-order chi connectivity index (χ1) is 12.6. The topological polar surface area (TPSA) is 46.6 Å². The third kappa shape index (κ3) is 4.57. The van der Waals surface area contributed by atoms with E-state index in [0.29, 0.717) is 12.1 Å². The molecule has 27 heavy (non-hydrogen) atoms. The zero-order chi connectivity index (χ0) is 20.3. The molecule has 0 aromatic heterocycles. The van der Waals surface area contributed by atoms with Gasteiger partial charge in [-0.25, -0.2) is 4.79 Å². The van der Waals surface area contributed by atoms with Gasteiger partial charge in [0.1, 0.15) is 0 Å². The van der Waals surface area contributed by atoms with Gasteiger partial charge in [-0.2, -0.15) is 0 Å². The van der Waals surface area contributed by atoms with E-state index < -0.39 is 5.97 Å². The Hall–Kier alpha value is -2.62. The summed E-state index contributed by atoms with van der Waals surface area (Å²) in [5, 5.41) is 0. The van der Waals surface area contributed by atoms with Crippen molar-refractivity contribution in [3.63, 3.8) is 0 Å². The van der Waals surface area contributed by atoms with E-state index in [1.165, 1.54) is 11.1 Å². The average molecular weight is 367 g/mol. The number of carbonyl (C=O) groups is 2. The molecule has 144 valence electrons. The number of hydrogen-bond acceptors (Lipinski definition) is 3. The largest absolute Gasteiger partial charge is 0.452 e. The number of ether oxygens (including phenoxy) is 1. The van der Waals surface area contributed by atoms with Gasteiger partial charge in [0.05, 0.1) is 5.56 Å². The molecule has 0 radical (unpaired) electrons. The van der Waals surface area contributed by atoms with Gasteiger partial charge in [-0.3, -0.25) is 4.79 Å². The fourth-order valence-electron chi connectivity index (χ4n) is 3.17. The molecule has 2 aromatic carbocycles. The molecule has 0 atom stereocenters. The summed E-state index contributed by atoms with van der Waals surface area (Å²) in [6, 6.07) is 8.02. The Kier molecular flexibility index (Phi) is 6.42. The summed E-state index contributed by atoms with van der Waals surface area (Å²) >= 11 is 0. The first-order valence-electron chi connectivity index (χ1n) is 9.17. The molecule has 1 amide bonds. The van der Waals surface area contributed by atoms with E-state index in [2.05, 4.69) is 6.92 Å². The summed E-state index contributed by atoms with van der Waals surface area (Å²) in [4.78, 5) is 26.6. The lowest BCUT2D eigenvalue weighted by Gasteiger charge is -2.19. The maximum Gasteiger partial charge on any atom is 0.339 e. The third-order valence-electron chi connectivity index (χ3n) is 5.50. The second-order valence-corrected chi connectivity index (χ2v) is 7.31. The molecular weight excluding hydrogens is 338 g/mol. The molecule has 0 aliphatic heterocycles. The molecule has 4 nitrogen and oxygen atoms in total. The van der Waals surface area contributed by atoms with Crippen LogP contribution in [0, 0.1) is 41.5 Å². The average Bonchev–Trinajstić information content (AvgIpc) is 2.64. The van der Waals surface area contributed by atoms with Gasteiger partial charge in [0.15, 0.2) is 6.61 Å². The van der Waals surface area contributed by atoms with Crippen LogP contribution in [0.25, 0.3) is 0 Å².